The summed E-state index contributed by atoms with van der Waals surface area (Å²) in [4.78, 5) is 29.5. The first kappa shape index (κ1) is 14.2. The Balaban J connectivity index is 1.78. The molecule has 22 heavy (non-hydrogen) atoms. The van der Waals surface area contributed by atoms with E-state index in [4.69, 9.17) is 4.74 Å². The number of H-pyrrole nitrogens is 1. The van der Waals surface area contributed by atoms with Gasteiger partial charge in [-0.1, -0.05) is 0 Å². The molecule has 0 spiro atoms. The number of aromatic amines is 1. The molecular weight excluding hydrogens is 284 g/mol. The van der Waals surface area contributed by atoms with Crippen LogP contribution in [-0.2, 0) is 14.3 Å². The fourth-order valence-corrected chi connectivity index (χ4v) is 2.54. The van der Waals surface area contributed by atoms with Crippen LogP contribution < -0.4 is 4.90 Å². The number of methoxy groups -OCH3 is 1. The molecule has 1 atom stereocenters. The predicted molar refractivity (Wildman–Crippen MR) is 79.0 cm³/mol. The van der Waals surface area contributed by atoms with Gasteiger partial charge < -0.3 is 9.64 Å². The molecule has 2 aromatic rings. The third kappa shape index (κ3) is 2.57. The molecule has 7 heteroatoms. The SMILES string of the molecule is COC(=O)C1CC(=O)N(c2ccc(-c3n[nH]c(C)n3)cc2)C1. The Kier molecular flexibility index (Phi) is 3.62. The average molecular weight is 300 g/mol. The van der Waals surface area contributed by atoms with Crippen molar-refractivity contribution >= 4 is 17.6 Å². The fraction of sp³-hybridized carbons (Fsp3) is 0.333. The van der Waals surface area contributed by atoms with Crippen LogP contribution in [0.15, 0.2) is 24.3 Å². The minimum absolute atomic E-state index is 0.0723. The van der Waals surface area contributed by atoms with Gasteiger partial charge in [-0.25, -0.2) is 4.98 Å². The molecule has 1 saturated heterocycles. The number of benzene rings is 1. The van der Waals surface area contributed by atoms with Gasteiger partial charge in [0, 0.05) is 24.2 Å². The number of carbonyl (C=O) groups is 2. The van der Waals surface area contributed by atoms with Gasteiger partial charge >= 0.3 is 5.97 Å². The molecule has 1 aromatic carbocycles. The van der Waals surface area contributed by atoms with Crippen molar-refractivity contribution in [3.05, 3.63) is 30.1 Å². The number of nitrogens with zero attached hydrogens (tertiary/aromatic N) is 3. The summed E-state index contributed by atoms with van der Waals surface area (Å²) in [6.07, 6.45) is 0.189. The van der Waals surface area contributed by atoms with Crippen LogP contribution in [0, 0.1) is 12.8 Å². The lowest BCUT2D eigenvalue weighted by atomic mass is 10.1. The van der Waals surface area contributed by atoms with Gasteiger partial charge in [0.1, 0.15) is 5.82 Å². The predicted octanol–water partition coefficient (Wildman–Crippen LogP) is 1.31. The number of amides is 1. The molecule has 7 nitrogen and oxygen atoms in total. The maximum atomic E-state index is 12.1. The first-order valence-electron chi connectivity index (χ1n) is 6.96. The topological polar surface area (TPSA) is 88.2 Å². The van der Waals surface area contributed by atoms with Gasteiger partial charge in [-0.15, -0.1) is 0 Å². The minimum Gasteiger partial charge on any atom is -0.469 e. The number of aromatic nitrogens is 3. The second-order valence-electron chi connectivity index (χ2n) is 5.22. The van der Waals surface area contributed by atoms with Gasteiger partial charge in [0.2, 0.25) is 5.91 Å². The zero-order chi connectivity index (χ0) is 15.7. The second kappa shape index (κ2) is 5.59. The number of rotatable bonds is 3. The second-order valence-corrected chi connectivity index (χ2v) is 5.22. The molecule has 1 aromatic heterocycles. The number of carbonyl (C=O) groups excluding carboxylic acids is 2. The molecule has 2 heterocycles. The van der Waals surface area contributed by atoms with E-state index in [2.05, 4.69) is 15.2 Å². The lowest BCUT2D eigenvalue weighted by Crippen LogP contribution is -2.26. The monoisotopic (exact) mass is 300 g/mol. The molecule has 0 radical (unpaired) electrons. The van der Waals surface area contributed by atoms with E-state index in [0.717, 1.165) is 17.1 Å². The molecule has 0 aliphatic carbocycles. The summed E-state index contributed by atoms with van der Waals surface area (Å²) in [6, 6.07) is 7.38. The van der Waals surface area contributed by atoms with Crippen molar-refractivity contribution in [1.29, 1.82) is 0 Å². The first-order chi connectivity index (χ1) is 10.6. The minimum atomic E-state index is -0.396. The number of ether oxygens (including phenoxy) is 1. The summed E-state index contributed by atoms with van der Waals surface area (Å²) >= 11 is 0. The van der Waals surface area contributed by atoms with E-state index in [0.29, 0.717) is 12.4 Å². The van der Waals surface area contributed by atoms with Gasteiger partial charge in [0.25, 0.3) is 0 Å². The van der Waals surface area contributed by atoms with Gasteiger partial charge in [-0.05, 0) is 31.2 Å². The lowest BCUT2D eigenvalue weighted by Gasteiger charge is -2.16. The van der Waals surface area contributed by atoms with E-state index in [-0.39, 0.29) is 18.3 Å². The summed E-state index contributed by atoms with van der Waals surface area (Å²) in [5.41, 5.74) is 1.62. The molecule has 0 bridgehead atoms. The van der Waals surface area contributed by atoms with Crippen molar-refractivity contribution < 1.29 is 14.3 Å². The van der Waals surface area contributed by atoms with Gasteiger partial charge in [-0.3, -0.25) is 14.7 Å². The number of anilines is 1. The number of aryl methyl sites for hydroxylation is 1. The summed E-state index contributed by atoms with van der Waals surface area (Å²) < 4.78 is 4.71. The normalized spacial score (nSPS) is 17.8. The third-order valence-corrected chi connectivity index (χ3v) is 3.69. The fourth-order valence-electron chi connectivity index (χ4n) is 2.54. The van der Waals surface area contributed by atoms with Gasteiger partial charge in [0.15, 0.2) is 5.82 Å². The highest BCUT2D eigenvalue weighted by Crippen LogP contribution is 2.27. The van der Waals surface area contributed by atoms with Crippen molar-refractivity contribution in [3.63, 3.8) is 0 Å². The molecule has 1 aliphatic heterocycles. The van der Waals surface area contributed by atoms with Crippen molar-refractivity contribution in [3.8, 4) is 11.4 Å². The molecule has 1 amide bonds. The third-order valence-electron chi connectivity index (χ3n) is 3.69. The molecular formula is C15H16N4O3. The molecule has 114 valence electrons. The van der Waals surface area contributed by atoms with Gasteiger partial charge in [0.05, 0.1) is 13.0 Å². The standard InChI is InChI=1S/C15H16N4O3/c1-9-16-14(18-17-9)10-3-5-12(6-4-10)19-8-11(7-13(19)20)15(21)22-2/h3-6,11H,7-8H2,1-2H3,(H,16,17,18). The highest BCUT2D eigenvalue weighted by Gasteiger charge is 2.35. The van der Waals surface area contributed by atoms with Crippen molar-refractivity contribution in [1.82, 2.24) is 15.2 Å². The van der Waals surface area contributed by atoms with E-state index in [9.17, 15) is 9.59 Å². The molecule has 3 rings (SSSR count). The van der Waals surface area contributed by atoms with Crippen LogP contribution in [-0.4, -0.2) is 40.7 Å². The molecule has 1 fully saturated rings. The average Bonchev–Trinajstić information content (AvgIpc) is 3.13. The van der Waals surface area contributed by atoms with Crippen LogP contribution in [0.1, 0.15) is 12.2 Å². The first-order valence-corrected chi connectivity index (χ1v) is 6.96. The Morgan fingerprint density at radius 1 is 1.36 bits per heavy atom. The van der Waals surface area contributed by atoms with Crippen LogP contribution in [0.4, 0.5) is 5.69 Å². The highest BCUT2D eigenvalue weighted by molar-refractivity contribution is 5.99. The van der Waals surface area contributed by atoms with E-state index < -0.39 is 5.92 Å². The number of nitrogens with one attached hydrogen (secondary N) is 1. The Hall–Kier alpha value is -2.70. The summed E-state index contributed by atoms with van der Waals surface area (Å²) in [6.45, 7) is 2.19. The molecule has 1 unspecified atom stereocenters. The Morgan fingerprint density at radius 2 is 2.09 bits per heavy atom. The van der Waals surface area contributed by atoms with Crippen molar-refractivity contribution in [2.45, 2.75) is 13.3 Å². The highest BCUT2D eigenvalue weighted by atomic mass is 16.5. The molecule has 1 aliphatic rings. The van der Waals surface area contributed by atoms with E-state index >= 15 is 0 Å². The zero-order valence-electron chi connectivity index (χ0n) is 12.4. The largest absolute Gasteiger partial charge is 0.469 e. The lowest BCUT2D eigenvalue weighted by molar-refractivity contribution is -0.145. The van der Waals surface area contributed by atoms with E-state index in [1.807, 2.05) is 31.2 Å². The molecule has 1 N–H and O–H groups in total. The maximum Gasteiger partial charge on any atom is 0.311 e. The Morgan fingerprint density at radius 3 is 2.68 bits per heavy atom. The summed E-state index contributed by atoms with van der Waals surface area (Å²) in [7, 11) is 1.34. The van der Waals surface area contributed by atoms with Crippen LogP contribution in [0.25, 0.3) is 11.4 Å². The van der Waals surface area contributed by atoms with Crippen LogP contribution in [0.2, 0.25) is 0 Å². The number of hydrogen-bond acceptors (Lipinski definition) is 5. The summed E-state index contributed by atoms with van der Waals surface area (Å²) in [5.74, 6) is 0.548. The van der Waals surface area contributed by atoms with Gasteiger partial charge in [-0.2, -0.15) is 5.10 Å². The Bertz CT molecular complexity index is 708. The van der Waals surface area contributed by atoms with Crippen molar-refractivity contribution in [2.24, 2.45) is 5.92 Å². The number of hydrogen-bond donors (Lipinski definition) is 1. The van der Waals surface area contributed by atoms with E-state index in [1.54, 1.807) is 4.90 Å². The quantitative estimate of drug-likeness (QED) is 0.863. The van der Waals surface area contributed by atoms with Crippen molar-refractivity contribution in [2.75, 3.05) is 18.6 Å². The van der Waals surface area contributed by atoms with Crippen LogP contribution >= 0.6 is 0 Å². The van der Waals surface area contributed by atoms with E-state index in [1.165, 1.54) is 7.11 Å². The summed E-state index contributed by atoms with van der Waals surface area (Å²) in [5, 5.41) is 6.89. The zero-order valence-corrected chi connectivity index (χ0v) is 12.4. The maximum absolute atomic E-state index is 12.1. The van der Waals surface area contributed by atoms with Crippen LogP contribution in [0.3, 0.4) is 0 Å². The molecule has 0 saturated carbocycles. The van der Waals surface area contributed by atoms with Crippen LogP contribution in [0.5, 0.6) is 0 Å². The smallest absolute Gasteiger partial charge is 0.311 e. The number of esters is 1. The Labute approximate surface area is 127 Å².